The molecular weight excluding hydrogens is 282 g/mol. The van der Waals surface area contributed by atoms with Crippen molar-refractivity contribution in [3.05, 3.63) is 64.7 Å². The SMILES string of the molecule is CC1COc2ccccc2C1N[C@@H](C)c1ccc(Cl)cc1. The van der Waals surface area contributed by atoms with Gasteiger partial charge in [-0.3, -0.25) is 0 Å². The summed E-state index contributed by atoms with van der Waals surface area (Å²) in [6, 6.07) is 16.9. The van der Waals surface area contributed by atoms with Crippen LogP contribution in [-0.4, -0.2) is 6.61 Å². The summed E-state index contributed by atoms with van der Waals surface area (Å²) in [4.78, 5) is 0. The van der Waals surface area contributed by atoms with Gasteiger partial charge < -0.3 is 10.1 Å². The molecule has 0 amide bonds. The number of halogens is 1. The predicted molar refractivity (Wildman–Crippen MR) is 86.8 cm³/mol. The van der Waals surface area contributed by atoms with Gasteiger partial charge >= 0.3 is 0 Å². The van der Waals surface area contributed by atoms with E-state index in [-0.39, 0.29) is 6.04 Å². The van der Waals surface area contributed by atoms with Crippen molar-refractivity contribution < 1.29 is 4.74 Å². The summed E-state index contributed by atoms with van der Waals surface area (Å²) >= 11 is 5.96. The van der Waals surface area contributed by atoms with Crippen LogP contribution in [0, 0.1) is 5.92 Å². The minimum atomic E-state index is 0.265. The van der Waals surface area contributed by atoms with Crippen LogP contribution in [0.2, 0.25) is 5.02 Å². The van der Waals surface area contributed by atoms with Crippen LogP contribution in [0.5, 0.6) is 5.75 Å². The molecule has 0 aliphatic carbocycles. The molecule has 110 valence electrons. The highest BCUT2D eigenvalue weighted by Crippen LogP contribution is 2.36. The Hall–Kier alpha value is -1.51. The third kappa shape index (κ3) is 3.07. The zero-order valence-corrected chi connectivity index (χ0v) is 13.1. The van der Waals surface area contributed by atoms with Crippen LogP contribution < -0.4 is 10.1 Å². The van der Waals surface area contributed by atoms with Crippen LogP contribution in [0.3, 0.4) is 0 Å². The molecule has 2 aromatic carbocycles. The quantitative estimate of drug-likeness (QED) is 0.882. The molecule has 3 rings (SSSR count). The first-order valence-corrected chi connectivity index (χ1v) is 7.76. The maximum atomic E-state index is 5.96. The Balaban J connectivity index is 1.82. The van der Waals surface area contributed by atoms with Gasteiger partial charge in [-0.2, -0.15) is 0 Å². The fourth-order valence-corrected chi connectivity index (χ4v) is 2.99. The van der Waals surface area contributed by atoms with Crippen molar-refractivity contribution in [1.29, 1.82) is 0 Å². The van der Waals surface area contributed by atoms with E-state index in [2.05, 4.69) is 43.4 Å². The monoisotopic (exact) mass is 301 g/mol. The molecule has 0 fully saturated rings. The zero-order valence-electron chi connectivity index (χ0n) is 12.3. The predicted octanol–water partition coefficient (Wildman–Crippen LogP) is 4.76. The Morgan fingerprint density at radius 1 is 1.14 bits per heavy atom. The maximum Gasteiger partial charge on any atom is 0.124 e. The van der Waals surface area contributed by atoms with Crippen LogP contribution in [0.1, 0.15) is 37.1 Å². The van der Waals surface area contributed by atoms with E-state index in [0.29, 0.717) is 12.0 Å². The minimum Gasteiger partial charge on any atom is -0.493 e. The highest BCUT2D eigenvalue weighted by molar-refractivity contribution is 6.30. The van der Waals surface area contributed by atoms with E-state index in [1.165, 1.54) is 11.1 Å². The minimum absolute atomic E-state index is 0.265. The summed E-state index contributed by atoms with van der Waals surface area (Å²) in [7, 11) is 0. The molecule has 1 heterocycles. The molecule has 0 saturated heterocycles. The summed E-state index contributed by atoms with van der Waals surface area (Å²) in [5, 5.41) is 4.51. The van der Waals surface area contributed by atoms with Crippen molar-refractivity contribution in [1.82, 2.24) is 5.32 Å². The first-order valence-electron chi connectivity index (χ1n) is 7.38. The first-order chi connectivity index (χ1) is 10.1. The van der Waals surface area contributed by atoms with Gasteiger partial charge in [0, 0.05) is 28.6 Å². The van der Waals surface area contributed by atoms with Crippen molar-refractivity contribution in [3.8, 4) is 5.75 Å². The molecule has 1 aliphatic heterocycles. The summed E-state index contributed by atoms with van der Waals surface area (Å²) < 4.78 is 5.81. The van der Waals surface area contributed by atoms with Crippen LogP contribution in [0.15, 0.2) is 48.5 Å². The number of nitrogens with one attached hydrogen (secondary N) is 1. The van der Waals surface area contributed by atoms with Crippen molar-refractivity contribution in [2.45, 2.75) is 25.9 Å². The van der Waals surface area contributed by atoms with E-state index in [4.69, 9.17) is 16.3 Å². The summed E-state index contributed by atoms with van der Waals surface area (Å²) in [6.07, 6.45) is 0. The van der Waals surface area contributed by atoms with Gasteiger partial charge in [0.05, 0.1) is 6.61 Å². The maximum absolute atomic E-state index is 5.96. The Morgan fingerprint density at radius 3 is 2.62 bits per heavy atom. The lowest BCUT2D eigenvalue weighted by Crippen LogP contribution is -2.35. The largest absolute Gasteiger partial charge is 0.493 e. The smallest absolute Gasteiger partial charge is 0.124 e. The highest BCUT2D eigenvalue weighted by atomic mass is 35.5. The van der Waals surface area contributed by atoms with E-state index in [9.17, 15) is 0 Å². The molecule has 2 unspecified atom stereocenters. The summed E-state index contributed by atoms with van der Waals surface area (Å²) in [5.74, 6) is 1.44. The van der Waals surface area contributed by atoms with Crippen molar-refractivity contribution in [2.75, 3.05) is 6.61 Å². The number of hydrogen-bond acceptors (Lipinski definition) is 2. The van der Waals surface area contributed by atoms with Gasteiger partial charge in [-0.05, 0) is 30.7 Å². The molecule has 21 heavy (non-hydrogen) atoms. The average Bonchev–Trinajstić information content (AvgIpc) is 2.51. The molecule has 0 bridgehead atoms. The lowest BCUT2D eigenvalue weighted by molar-refractivity contribution is 0.182. The second-order valence-corrected chi connectivity index (χ2v) is 6.18. The Kier molecular flexibility index (Phi) is 4.18. The Labute approximate surface area is 131 Å². The van der Waals surface area contributed by atoms with Gasteiger partial charge in [0.2, 0.25) is 0 Å². The molecular formula is C18H20ClNO. The number of rotatable bonds is 3. The van der Waals surface area contributed by atoms with Gasteiger partial charge in [0.25, 0.3) is 0 Å². The topological polar surface area (TPSA) is 21.3 Å². The van der Waals surface area contributed by atoms with Crippen LogP contribution in [-0.2, 0) is 0 Å². The van der Waals surface area contributed by atoms with Gasteiger partial charge in [-0.25, -0.2) is 0 Å². The lowest BCUT2D eigenvalue weighted by Gasteiger charge is -2.34. The van der Waals surface area contributed by atoms with E-state index < -0.39 is 0 Å². The van der Waals surface area contributed by atoms with Gasteiger partial charge in [-0.15, -0.1) is 0 Å². The fourth-order valence-electron chi connectivity index (χ4n) is 2.86. The van der Waals surface area contributed by atoms with Crippen molar-refractivity contribution in [2.24, 2.45) is 5.92 Å². The standard InChI is InChI=1S/C18H20ClNO/c1-12-11-21-17-6-4-3-5-16(17)18(12)20-13(2)14-7-9-15(19)10-8-14/h3-10,12-13,18,20H,11H2,1-2H3/t12?,13-,18?/m0/s1. The Morgan fingerprint density at radius 2 is 1.86 bits per heavy atom. The second kappa shape index (κ2) is 6.08. The molecule has 3 heteroatoms. The number of ether oxygens (including phenoxy) is 1. The normalized spacial score (nSPS) is 22.2. The molecule has 2 aromatic rings. The van der Waals surface area contributed by atoms with Crippen LogP contribution in [0.25, 0.3) is 0 Å². The number of fused-ring (bicyclic) bond motifs is 1. The molecule has 1 N–H and O–H groups in total. The molecule has 0 radical (unpaired) electrons. The van der Waals surface area contributed by atoms with Gasteiger partial charge in [0.15, 0.2) is 0 Å². The van der Waals surface area contributed by atoms with Gasteiger partial charge in [0.1, 0.15) is 5.75 Å². The van der Waals surface area contributed by atoms with Crippen molar-refractivity contribution in [3.63, 3.8) is 0 Å². The van der Waals surface area contributed by atoms with E-state index >= 15 is 0 Å². The molecule has 2 nitrogen and oxygen atoms in total. The van der Waals surface area contributed by atoms with E-state index in [1.807, 2.05) is 24.3 Å². The Bertz CT molecular complexity index is 611. The number of para-hydroxylation sites is 1. The highest BCUT2D eigenvalue weighted by Gasteiger charge is 2.28. The molecule has 0 saturated carbocycles. The molecule has 0 aromatic heterocycles. The van der Waals surface area contributed by atoms with E-state index in [0.717, 1.165) is 17.4 Å². The lowest BCUT2D eigenvalue weighted by atomic mass is 9.91. The van der Waals surface area contributed by atoms with Crippen LogP contribution in [0.4, 0.5) is 0 Å². The summed E-state index contributed by atoms with van der Waals surface area (Å²) in [6.45, 7) is 5.16. The second-order valence-electron chi connectivity index (χ2n) is 5.74. The van der Waals surface area contributed by atoms with Crippen molar-refractivity contribution >= 4 is 11.6 Å². The fraction of sp³-hybridized carbons (Fsp3) is 0.333. The van der Waals surface area contributed by atoms with Crippen LogP contribution >= 0.6 is 11.6 Å². The molecule has 1 aliphatic rings. The summed E-state index contributed by atoms with van der Waals surface area (Å²) in [5.41, 5.74) is 2.49. The zero-order chi connectivity index (χ0) is 14.8. The van der Waals surface area contributed by atoms with E-state index in [1.54, 1.807) is 0 Å². The number of hydrogen-bond donors (Lipinski definition) is 1. The van der Waals surface area contributed by atoms with Gasteiger partial charge in [-0.1, -0.05) is 48.9 Å². The third-order valence-corrected chi connectivity index (χ3v) is 4.38. The number of benzene rings is 2. The molecule has 3 atom stereocenters. The average molecular weight is 302 g/mol. The third-order valence-electron chi connectivity index (χ3n) is 4.12. The molecule has 0 spiro atoms. The first kappa shape index (κ1) is 14.4.